The fraction of sp³-hybridized carbons (Fsp3) is 0.545. The largest absolute Gasteiger partial charge is 0.490 e. The first kappa shape index (κ1) is 28.6. The Hall–Kier alpha value is -2.96. The number of hydrogen-bond donors (Lipinski definition) is 2. The SMILES string of the molecule is CC1(NS(=O)(=O)c2cc(N3CCC4(COC4)C3)c3cnc(-c4nnc(C(F)F)s4)n3c2)CC1.O=C(O)C(F)(F)F. The maximum Gasteiger partial charge on any atom is 0.490 e. The smallest absolute Gasteiger partial charge is 0.475 e. The van der Waals surface area contributed by atoms with Crippen molar-refractivity contribution in [3.05, 3.63) is 23.5 Å². The number of sulfonamides is 1. The van der Waals surface area contributed by atoms with Crippen LogP contribution in [-0.4, -0.2) is 77.1 Å². The summed E-state index contributed by atoms with van der Waals surface area (Å²) in [5.41, 5.74) is 1.09. The van der Waals surface area contributed by atoms with Crippen molar-refractivity contribution in [1.29, 1.82) is 0 Å². The second-order valence-electron chi connectivity index (χ2n) is 10.3. The molecule has 1 saturated carbocycles. The number of imidazole rings is 1. The van der Waals surface area contributed by atoms with Gasteiger partial charge >= 0.3 is 12.1 Å². The molecule has 1 aliphatic carbocycles. The van der Waals surface area contributed by atoms with Crippen molar-refractivity contribution in [2.24, 2.45) is 5.41 Å². The fourth-order valence-electron chi connectivity index (χ4n) is 4.47. The van der Waals surface area contributed by atoms with E-state index >= 15 is 0 Å². The Morgan fingerprint density at radius 2 is 1.90 bits per heavy atom. The summed E-state index contributed by atoms with van der Waals surface area (Å²) in [4.78, 5) is 15.6. The Kier molecular flexibility index (Phi) is 7.03. The summed E-state index contributed by atoms with van der Waals surface area (Å²) >= 11 is 0.747. The number of carbonyl (C=O) groups is 1. The number of hydrogen-bond acceptors (Lipinski definition) is 9. The molecule has 11 nitrogen and oxygen atoms in total. The van der Waals surface area contributed by atoms with Crippen LogP contribution in [0.1, 0.15) is 37.6 Å². The van der Waals surface area contributed by atoms with Gasteiger partial charge in [0.05, 0.1) is 30.6 Å². The first-order chi connectivity index (χ1) is 18.6. The van der Waals surface area contributed by atoms with Crippen LogP contribution < -0.4 is 9.62 Å². The Labute approximate surface area is 228 Å². The van der Waals surface area contributed by atoms with E-state index in [1.807, 2.05) is 6.92 Å². The van der Waals surface area contributed by atoms with Crippen LogP contribution in [-0.2, 0) is 19.6 Å². The van der Waals surface area contributed by atoms with E-state index in [0.29, 0.717) is 18.7 Å². The number of alkyl halides is 5. The molecule has 40 heavy (non-hydrogen) atoms. The van der Waals surface area contributed by atoms with Gasteiger partial charge in [0.2, 0.25) is 10.0 Å². The van der Waals surface area contributed by atoms with E-state index in [9.17, 15) is 30.4 Å². The second kappa shape index (κ2) is 9.85. The van der Waals surface area contributed by atoms with Gasteiger partial charge in [-0.3, -0.25) is 4.40 Å². The fourth-order valence-corrected chi connectivity index (χ4v) is 6.64. The highest BCUT2D eigenvalue weighted by molar-refractivity contribution is 7.89. The lowest BCUT2D eigenvalue weighted by molar-refractivity contribution is -0.192. The molecule has 0 bridgehead atoms. The summed E-state index contributed by atoms with van der Waals surface area (Å²) in [6.07, 6.45) is -2.18. The highest BCUT2D eigenvalue weighted by Crippen LogP contribution is 2.42. The van der Waals surface area contributed by atoms with Crippen molar-refractivity contribution in [3.63, 3.8) is 0 Å². The number of pyridine rings is 1. The van der Waals surface area contributed by atoms with E-state index in [-0.39, 0.29) is 21.1 Å². The predicted molar refractivity (Wildman–Crippen MR) is 131 cm³/mol. The number of nitrogens with zero attached hydrogens (tertiary/aromatic N) is 5. The molecule has 1 spiro atoms. The maximum atomic E-state index is 13.2. The molecule has 0 atom stereocenters. The number of halogens is 5. The number of ether oxygens (including phenoxy) is 1. The Morgan fingerprint density at radius 3 is 2.40 bits per heavy atom. The van der Waals surface area contributed by atoms with Gasteiger partial charge in [0, 0.05) is 30.2 Å². The van der Waals surface area contributed by atoms with E-state index in [1.54, 1.807) is 16.7 Å². The van der Waals surface area contributed by atoms with Crippen LogP contribution in [0.4, 0.5) is 27.6 Å². The van der Waals surface area contributed by atoms with Crippen LogP contribution in [0.5, 0.6) is 0 Å². The van der Waals surface area contributed by atoms with E-state index in [1.165, 1.54) is 6.20 Å². The van der Waals surface area contributed by atoms with Gasteiger partial charge in [-0.15, -0.1) is 10.2 Å². The van der Waals surface area contributed by atoms with Gasteiger partial charge in [0.1, 0.15) is 4.90 Å². The molecule has 3 fully saturated rings. The van der Waals surface area contributed by atoms with E-state index in [4.69, 9.17) is 14.6 Å². The van der Waals surface area contributed by atoms with Crippen molar-refractivity contribution in [2.45, 2.75) is 49.2 Å². The lowest BCUT2D eigenvalue weighted by Crippen LogP contribution is -2.44. The molecule has 0 aromatic carbocycles. The van der Waals surface area contributed by atoms with Crippen LogP contribution in [0.2, 0.25) is 0 Å². The first-order valence-corrected chi connectivity index (χ1v) is 14.2. The molecule has 3 aromatic heterocycles. The third kappa shape index (κ3) is 5.61. The summed E-state index contributed by atoms with van der Waals surface area (Å²) in [6, 6.07) is 1.68. The number of fused-ring (bicyclic) bond motifs is 1. The van der Waals surface area contributed by atoms with E-state index in [2.05, 4.69) is 24.8 Å². The predicted octanol–water partition coefficient (Wildman–Crippen LogP) is 3.48. The average Bonchev–Trinajstić information content (AvgIpc) is 3.28. The van der Waals surface area contributed by atoms with E-state index in [0.717, 1.165) is 49.4 Å². The number of carboxylic acid groups (broad SMARTS) is 1. The van der Waals surface area contributed by atoms with Crippen molar-refractivity contribution < 1.29 is 45.0 Å². The molecule has 0 radical (unpaired) electrons. The van der Waals surface area contributed by atoms with Gasteiger partial charge in [0.15, 0.2) is 15.8 Å². The number of anilines is 1. The number of rotatable bonds is 6. The molecular formula is C22H23F5N6O5S2. The molecule has 3 aliphatic rings. The van der Waals surface area contributed by atoms with Crippen molar-refractivity contribution in [2.75, 3.05) is 31.2 Å². The molecule has 0 unspecified atom stereocenters. The molecule has 18 heteroatoms. The van der Waals surface area contributed by atoms with Crippen LogP contribution in [0.3, 0.4) is 0 Å². The van der Waals surface area contributed by atoms with Crippen molar-refractivity contribution in [1.82, 2.24) is 24.3 Å². The van der Waals surface area contributed by atoms with Crippen LogP contribution >= 0.6 is 11.3 Å². The summed E-state index contributed by atoms with van der Waals surface area (Å²) in [7, 11) is -3.81. The third-order valence-corrected chi connectivity index (χ3v) is 9.47. The van der Waals surface area contributed by atoms with Crippen molar-refractivity contribution in [3.8, 4) is 10.8 Å². The monoisotopic (exact) mass is 610 g/mol. The minimum atomic E-state index is -5.08. The minimum Gasteiger partial charge on any atom is -0.475 e. The Morgan fingerprint density at radius 1 is 1.23 bits per heavy atom. The van der Waals surface area contributed by atoms with Crippen molar-refractivity contribution >= 4 is 38.5 Å². The average molecular weight is 611 g/mol. The van der Waals surface area contributed by atoms with Gasteiger partial charge in [-0.1, -0.05) is 11.3 Å². The minimum absolute atomic E-state index is 0.0971. The lowest BCUT2D eigenvalue weighted by atomic mass is 9.85. The van der Waals surface area contributed by atoms with Crippen LogP contribution in [0.15, 0.2) is 23.4 Å². The van der Waals surface area contributed by atoms with Gasteiger partial charge in [-0.2, -0.15) is 13.2 Å². The van der Waals surface area contributed by atoms with Crippen LogP contribution in [0.25, 0.3) is 16.3 Å². The zero-order chi connectivity index (χ0) is 29.1. The Balaban J connectivity index is 0.000000411. The Bertz CT molecular complexity index is 1550. The van der Waals surface area contributed by atoms with Gasteiger partial charge in [-0.25, -0.2) is 31.7 Å². The van der Waals surface area contributed by atoms with E-state index < -0.39 is 39.1 Å². The highest BCUT2D eigenvalue weighted by Gasteiger charge is 2.45. The summed E-state index contributed by atoms with van der Waals surface area (Å²) < 4.78 is 94.2. The second-order valence-corrected chi connectivity index (χ2v) is 13.0. The summed E-state index contributed by atoms with van der Waals surface area (Å²) in [5.74, 6) is -2.47. The molecule has 0 amide bonds. The number of aliphatic carboxylic acids is 1. The number of nitrogens with one attached hydrogen (secondary N) is 1. The molecule has 218 valence electrons. The van der Waals surface area contributed by atoms with Gasteiger partial charge in [0.25, 0.3) is 6.43 Å². The normalized spacial score (nSPS) is 19.5. The summed E-state index contributed by atoms with van der Waals surface area (Å²) in [5, 5.41) is 14.4. The number of aromatic nitrogens is 4. The molecule has 2 saturated heterocycles. The molecule has 2 aliphatic heterocycles. The van der Waals surface area contributed by atoms with Gasteiger partial charge in [-0.05, 0) is 32.3 Å². The maximum absolute atomic E-state index is 13.2. The third-order valence-electron chi connectivity index (χ3n) is 6.94. The number of carboxylic acids is 1. The first-order valence-electron chi connectivity index (χ1n) is 11.9. The van der Waals surface area contributed by atoms with Crippen LogP contribution in [0, 0.1) is 5.41 Å². The standard InChI is InChI=1S/C20H22F2N6O3S2.C2HF3O2/c1-19(2-3-19)26-33(29,30)12-6-13(27-5-4-20(9-27)10-31-11-20)14-7-23-16(28(14)8-12)18-25-24-17(32-18)15(21)22;3-2(4,5)1(6)7/h6-8,15,26H,2-5,9-11H2,1H3;(H,6,7). The van der Waals surface area contributed by atoms with Gasteiger partial charge < -0.3 is 14.7 Å². The zero-order valence-electron chi connectivity index (χ0n) is 20.8. The molecule has 2 N–H and O–H groups in total. The lowest BCUT2D eigenvalue weighted by Gasteiger charge is -2.38. The summed E-state index contributed by atoms with van der Waals surface area (Å²) in [6.45, 7) is 4.79. The molecule has 5 heterocycles. The molecule has 3 aromatic rings. The topological polar surface area (TPSA) is 139 Å². The highest BCUT2D eigenvalue weighted by atomic mass is 32.2. The zero-order valence-corrected chi connectivity index (χ0v) is 22.4. The quantitative estimate of drug-likeness (QED) is 0.402. The molecular weight excluding hydrogens is 587 g/mol. The molecule has 6 rings (SSSR count).